The molecular formula is C15H10ClN3O4S. The van der Waals surface area contributed by atoms with E-state index >= 15 is 0 Å². The summed E-state index contributed by atoms with van der Waals surface area (Å²) < 4.78 is 24.6. The number of benzene rings is 1. The Bertz CT molecular complexity index is 997. The highest BCUT2D eigenvalue weighted by molar-refractivity contribution is 7.74. The minimum atomic E-state index is -3.06. The lowest BCUT2D eigenvalue weighted by Crippen LogP contribution is -2.15. The van der Waals surface area contributed by atoms with Crippen molar-refractivity contribution in [3.05, 3.63) is 59.5 Å². The molecule has 0 bridgehead atoms. The maximum absolute atomic E-state index is 11.8. The summed E-state index contributed by atoms with van der Waals surface area (Å²) >= 11 is 6.03. The van der Waals surface area contributed by atoms with E-state index in [0.717, 1.165) is 4.31 Å². The van der Waals surface area contributed by atoms with Crippen molar-refractivity contribution in [2.45, 2.75) is 0 Å². The van der Waals surface area contributed by atoms with Crippen molar-refractivity contribution in [3.8, 4) is 0 Å². The summed E-state index contributed by atoms with van der Waals surface area (Å²) in [6.07, 6.45) is 2.83. The van der Waals surface area contributed by atoms with Gasteiger partial charge in [0.1, 0.15) is 10.8 Å². The van der Waals surface area contributed by atoms with E-state index < -0.39 is 16.9 Å². The Morgan fingerprint density at radius 2 is 1.83 bits per heavy atom. The van der Waals surface area contributed by atoms with Crippen LogP contribution in [0, 0.1) is 0 Å². The first-order valence-electron chi connectivity index (χ1n) is 6.66. The van der Waals surface area contributed by atoms with E-state index in [1.165, 1.54) is 36.7 Å². The minimum Gasteiger partial charge on any atom is -0.478 e. The molecule has 3 aromatic rings. The fraction of sp³-hybridized carbons (Fsp3) is 0. The van der Waals surface area contributed by atoms with Gasteiger partial charge in [0.15, 0.2) is 0 Å². The zero-order valence-corrected chi connectivity index (χ0v) is 13.6. The van der Waals surface area contributed by atoms with E-state index in [-0.39, 0.29) is 22.1 Å². The molecule has 7 nitrogen and oxygen atoms in total. The molecule has 0 radical (unpaired) electrons. The van der Waals surface area contributed by atoms with E-state index in [9.17, 15) is 13.2 Å². The number of anilines is 2. The second-order valence-corrected chi connectivity index (χ2v) is 5.97. The fourth-order valence-corrected chi connectivity index (χ4v) is 3.09. The van der Waals surface area contributed by atoms with Gasteiger partial charge in [-0.05, 0) is 36.4 Å². The maximum atomic E-state index is 11.8. The van der Waals surface area contributed by atoms with Gasteiger partial charge in [-0.25, -0.2) is 22.5 Å². The lowest BCUT2D eigenvalue weighted by Gasteiger charge is -2.19. The third-order valence-corrected chi connectivity index (χ3v) is 4.40. The predicted octanol–water partition coefficient (Wildman–Crippen LogP) is 2.65. The average Bonchev–Trinajstić information content (AvgIpc) is 2.57. The molecule has 1 aromatic carbocycles. The number of halogens is 1. The molecule has 0 spiro atoms. The number of nitrogens with zero attached hydrogens (tertiary/aromatic N) is 3. The summed E-state index contributed by atoms with van der Waals surface area (Å²) in [7, 11) is -3.06. The van der Waals surface area contributed by atoms with Crippen LogP contribution in [0.2, 0.25) is 5.15 Å². The largest absolute Gasteiger partial charge is 0.478 e. The monoisotopic (exact) mass is 363 g/mol. The number of fused-ring (bicyclic) bond motifs is 1. The number of hydrogen-bond donors (Lipinski definition) is 2. The molecule has 9 heteroatoms. The fourth-order valence-electron chi connectivity index (χ4n) is 2.25. The molecule has 2 aromatic heterocycles. The maximum Gasteiger partial charge on any atom is 0.335 e. The summed E-state index contributed by atoms with van der Waals surface area (Å²) in [4.78, 5) is 19.1. The van der Waals surface area contributed by atoms with Gasteiger partial charge in [-0.15, -0.1) is 0 Å². The second kappa shape index (κ2) is 6.42. The Labute approximate surface area is 143 Å². The van der Waals surface area contributed by atoms with Crippen molar-refractivity contribution in [3.63, 3.8) is 0 Å². The molecule has 0 saturated heterocycles. The van der Waals surface area contributed by atoms with Gasteiger partial charge >= 0.3 is 5.97 Å². The smallest absolute Gasteiger partial charge is 0.335 e. The van der Waals surface area contributed by atoms with Gasteiger partial charge in [-0.3, -0.25) is 4.98 Å². The molecule has 24 heavy (non-hydrogen) atoms. The van der Waals surface area contributed by atoms with Gasteiger partial charge < -0.3 is 5.11 Å². The normalized spacial score (nSPS) is 10.9. The highest BCUT2D eigenvalue weighted by Gasteiger charge is 2.18. The van der Waals surface area contributed by atoms with Gasteiger partial charge in [0, 0.05) is 11.6 Å². The third-order valence-electron chi connectivity index (χ3n) is 3.32. The van der Waals surface area contributed by atoms with Crippen molar-refractivity contribution in [1.29, 1.82) is 0 Å². The molecular weight excluding hydrogens is 354 g/mol. The topological polar surface area (TPSA) is 100 Å². The van der Waals surface area contributed by atoms with Crippen molar-refractivity contribution in [2.24, 2.45) is 0 Å². The van der Waals surface area contributed by atoms with Gasteiger partial charge in [0.25, 0.3) is 0 Å². The van der Waals surface area contributed by atoms with Crippen LogP contribution in [0.3, 0.4) is 0 Å². The van der Waals surface area contributed by atoms with Crippen LogP contribution in [0.25, 0.3) is 10.9 Å². The second-order valence-electron chi connectivity index (χ2n) is 4.74. The lowest BCUT2D eigenvalue weighted by atomic mass is 10.2. The number of hydrogen-bond acceptors (Lipinski definition) is 5. The summed E-state index contributed by atoms with van der Waals surface area (Å²) in [5.41, 5.74) is 0.928. The molecule has 0 saturated carbocycles. The molecule has 1 N–H and O–H groups in total. The van der Waals surface area contributed by atoms with Crippen molar-refractivity contribution < 1.29 is 18.3 Å². The average molecular weight is 364 g/mol. The number of pyridine rings is 2. The van der Waals surface area contributed by atoms with Gasteiger partial charge in [0.05, 0.1) is 23.0 Å². The zero-order valence-electron chi connectivity index (χ0n) is 12.0. The van der Waals surface area contributed by atoms with Crippen LogP contribution in [0.4, 0.5) is 11.4 Å². The molecule has 0 atom stereocenters. The summed E-state index contributed by atoms with van der Waals surface area (Å²) in [5.74, 6) is -1.10. The summed E-state index contributed by atoms with van der Waals surface area (Å²) in [5, 5.41) is 9.67. The Morgan fingerprint density at radius 3 is 2.46 bits per heavy atom. The number of carboxylic acids is 1. The van der Waals surface area contributed by atoms with Crippen molar-refractivity contribution in [1.82, 2.24) is 9.97 Å². The Kier molecular flexibility index (Phi) is 4.32. The van der Waals surface area contributed by atoms with E-state index in [1.54, 1.807) is 12.1 Å². The van der Waals surface area contributed by atoms with Crippen LogP contribution >= 0.6 is 11.6 Å². The summed E-state index contributed by atoms with van der Waals surface area (Å²) in [6.45, 7) is 0. The van der Waals surface area contributed by atoms with Crippen LogP contribution in [-0.2, 0) is 10.9 Å². The van der Waals surface area contributed by atoms with Crippen LogP contribution in [0.15, 0.2) is 48.8 Å². The molecule has 0 aliphatic carbocycles. The molecule has 0 aliphatic heterocycles. The Morgan fingerprint density at radius 1 is 1.12 bits per heavy atom. The lowest BCUT2D eigenvalue weighted by molar-refractivity contribution is 0.0697. The molecule has 122 valence electrons. The van der Waals surface area contributed by atoms with E-state index in [0.29, 0.717) is 10.9 Å². The van der Waals surface area contributed by atoms with Crippen LogP contribution < -0.4 is 4.31 Å². The number of thiol groups is 1. The Balaban J connectivity index is 2.20. The highest BCUT2D eigenvalue weighted by Crippen LogP contribution is 2.33. The quantitative estimate of drug-likeness (QED) is 0.546. The molecule has 3 rings (SSSR count). The van der Waals surface area contributed by atoms with E-state index in [4.69, 9.17) is 16.7 Å². The van der Waals surface area contributed by atoms with E-state index in [2.05, 4.69) is 9.97 Å². The first-order chi connectivity index (χ1) is 11.5. The van der Waals surface area contributed by atoms with Crippen LogP contribution in [-0.4, -0.2) is 29.5 Å². The zero-order chi connectivity index (χ0) is 17.3. The molecule has 0 fully saturated rings. The SMILES string of the molecule is O=C(O)c1ccc(N(c2cnc(Cl)c3cccnc23)[SH](=O)=O)cc1. The standard InChI is InChI=1S/C15H10ClN3O4S/c16-14-11-2-1-7-17-13(11)12(8-18-14)19(24(22)23)10-5-3-9(4-6-10)15(20)21/h1-8,24H,(H,20,21). The van der Waals surface area contributed by atoms with E-state index in [1.807, 2.05) is 0 Å². The molecule has 0 amide bonds. The van der Waals surface area contributed by atoms with Gasteiger partial charge in [-0.2, -0.15) is 0 Å². The Hall–Kier alpha value is -2.71. The third kappa shape index (κ3) is 2.89. The van der Waals surface area contributed by atoms with Gasteiger partial charge in [0.2, 0.25) is 10.9 Å². The molecule has 2 heterocycles. The minimum absolute atomic E-state index is 0.0528. The number of aromatic carboxylic acids is 1. The van der Waals surface area contributed by atoms with Crippen LogP contribution in [0.5, 0.6) is 0 Å². The first-order valence-corrected chi connectivity index (χ1v) is 8.17. The number of rotatable bonds is 4. The first kappa shape index (κ1) is 16.2. The van der Waals surface area contributed by atoms with Gasteiger partial charge in [-0.1, -0.05) is 11.6 Å². The number of aromatic nitrogens is 2. The highest BCUT2D eigenvalue weighted by atomic mass is 35.5. The molecule has 0 aliphatic rings. The predicted molar refractivity (Wildman–Crippen MR) is 90.4 cm³/mol. The number of carbonyl (C=O) groups is 1. The van der Waals surface area contributed by atoms with Crippen LogP contribution in [0.1, 0.15) is 10.4 Å². The molecule has 0 unspecified atom stereocenters. The van der Waals surface area contributed by atoms with Crippen molar-refractivity contribution >= 4 is 50.7 Å². The van der Waals surface area contributed by atoms with Crippen molar-refractivity contribution in [2.75, 3.05) is 4.31 Å². The summed E-state index contributed by atoms with van der Waals surface area (Å²) in [6, 6.07) is 8.80. The number of carboxylic acid groups (broad SMARTS) is 1.